The van der Waals surface area contributed by atoms with Crippen molar-refractivity contribution in [1.82, 2.24) is 5.43 Å². The van der Waals surface area contributed by atoms with Crippen molar-refractivity contribution in [1.29, 1.82) is 0 Å². The van der Waals surface area contributed by atoms with Crippen molar-refractivity contribution in [2.75, 3.05) is 11.9 Å². The van der Waals surface area contributed by atoms with E-state index in [2.05, 4.69) is 15.8 Å². The van der Waals surface area contributed by atoms with Crippen LogP contribution in [0.2, 0.25) is 5.02 Å². The van der Waals surface area contributed by atoms with E-state index in [4.69, 9.17) is 22.1 Å². The number of nitrogens with two attached hydrogens (primary N) is 1. The Kier molecular flexibility index (Phi) is 6.36. The number of amidine groups is 1. The number of anilines is 1. The van der Waals surface area contributed by atoms with Crippen LogP contribution < -0.4 is 16.5 Å². The minimum absolute atomic E-state index is 0.0152. The van der Waals surface area contributed by atoms with Crippen molar-refractivity contribution in [3.8, 4) is 0 Å². The maximum Gasteiger partial charge on any atom is 0.411 e. The summed E-state index contributed by atoms with van der Waals surface area (Å²) in [7, 11) is 0. The Morgan fingerprint density at radius 3 is 2.60 bits per heavy atom. The monoisotopic (exact) mass is 360 g/mol. The van der Waals surface area contributed by atoms with Crippen molar-refractivity contribution in [2.45, 2.75) is 6.92 Å². The fraction of sp³-hybridized carbons (Fsp3) is 0.118. The first-order chi connectivity index (χ1) is 12.0. The maximum atomic E-state index is 12.0. The highest BCUT2D eigenvalue weighted by Crippen LogP contribution is 2.20. The molecule has 0 aliphatic carbocycles. The zero-order valence-electron chi connectivity index (χ0n) is 13.5. The van der Waals surface area contributed by atoms with E-state index in [1.54, 1.807) is 49.4 Å². The maximum absolute atomic E-state index is 12.0. The molecule has 0 heterocycles. The van der Waals surface area contributed by atoms with Gasteiger partial charge in [-0.1, -0.05) is 29.8 Å². The van der Waals surface area contributed by atoms with Crippen LogP contribution in [0.5, 0.6) is 0 Å². The van der Waals surface area contributed by atoms with Gasteiger partial charge in [-0.05, 0) is 37.3 Å². The molecule has 4 N–H and O–H groups in total. The smallest absolute Gasteiger partial charge is 0.411 e. The zero-order valence-corrected chi connectivity index (χ0v) is 14.2. The summed E-state index contributed by atoms with van der Waals surface area (Å²) in [6.45, 7) is 1.92. The fourth-order valence-electron chi connectivity index (χ4n) is 1.94. The highest BCUT2D eigenvalue weighted by atomic mass is 35.5. The molecule has 0 spiro atoms. The number of ether oxygens (including phenoxy) is 1. The fourth-order valence-corrected chi connectivity index (χ4v) is 2.11. The number of hydrogen-bond acceptors (Lipinski definition) is 4. The van der Waals surface area contributed by atoms with Crippen molar-refractivity contribution in [3.63, 3.8) is 0 Å². The van der Waals surface area contributed by atoms with Crippen LogP contribution in [-0.2, 0) is 4.74 Å². The molecule has 8 heteroatoms. The Morgan fingerprint density at radius 2 is 1.92 bits per heavy atom. The summed E-state index contributed by atoms with van der Waals surface area (Å²) in [5.74, 6) is -0.427. The Bertz CT molecular complexity index is 794. The number of carbonyl (C=O) groups excluding carboxylic acids is 2. The molecule has 25 heavy (non-hydrogen) atoms. The van der Waals surface area contributed by atoms with Crippen LogP contribution in [-0.4, -0.2) is 24.4 Å². The molecule has 0 saturated carbocycles. The number of nitrogens with zero attached hydrogens (tertiary/aromatic N) is 1. The molecule has 2 aromatic rings. The molecule has 0 radical (unpaired) electrons. The third-order valence-corrected chi connectivity index (χ3v) is 3.32. The standard InChI is InChI=1S/C17H17ClN4O3/c1-2-25-17(24)20-14-9-8-12(18)10-13(14)15(19)21-22-16(23)11-6-4-3-5-7-11/h3-10H,2H2,1H3,(H2,19,21)(H,20,24)(H,22,23). The highest BCUT2D eigenvalue weighted by molar-refractivity contribution is 6.31. The molecule has 2 aromatic carbocycles. The van der Waals surface area contributed by atoms with Crippen molar-refractivity contribution >= 4 is 35.1 Å². The van der Waals surface area contributed by atoms with Gasteiger partial charge in [-0.15, -0.1) is 0 Å². The SMILES string of the molecule is CCOC(=O)Nc1ccc(Cl)cc1/C(N)=N/NC(=O)c1ccccc1. The topological polar surface area (TPSA) is 106 Å². The Balaban J connectivity index is 2.19. The van der Waals surface area contributed by atoms with Crippen LogP contribution in [0.15, 0.2) is 53.6 Å². The van der Waals surface area contributed by atoms with Gasteiger partial charge >= 0.3 is 6.09 Å². The van der Waals surface area contributed by atoms with Gasteiger partial charge in [0.15, 0.2) is 5.84 Å². The number of hydrogen-bond donors (Lipinski definition) is 3. The molecule has 0 aliphatic heterocycles. The second kappa shape index (κ2) is 8.70. The second-order valence-electron chi connectivity index (χ2n) is 4.84. The lowest BCUT2D eigenvalue weighted by atomic mass is 10.1. The molecule has 2 rings (SSSR count). The van der Waals surface area contributed by atoms with E-state index in [9.17, 15) is 9.59 Å². The summed E-state index contributed by atoms with van der Waals surface area (Å²) in [6.07, 6.45) is -0.632. The minimum atomic E-state index is -0.632. The average molecular weight is 361 g/mol. The van der Waals surface area contributed by atoms with Gasteiger partial charge in [0.25, 0.3) is 5.91 Å². The van der Waals surface area contributed by atoms with Gasteiger partial charge in [0.1, 0.15) is 0 Å². The van der Waals surface area contributed by atoms with Crippen LogP contribution in [0, 0.1) is 0 Å². The van der Waals surface area contributed by atoms with Gasteiger partial charge in [0.05, 0.1) is 12.3 Å². The van der Waals surface area contributed by atoms with Gasteiger partial charge < -0.3 is 10.5 Å². The van der Waals surface area contributed by atoms with E-state index >= 15 is 0 Å². The van der Waals surface area contributed by atoms with Gasteiger partial charge in [-0.3, -0.25) is 10.1 Å². The molecule has 7 nitrogen and oxygen atoms in total. The Labute approximate surface area is 149 Å². The molecule has 0 bridgehead atoms. The number of rotatable bonds is 5. The van der Waals surface area contributed by atoms with E-state index in [1.807, 2.05) is 0 Å². The first kappa shape index (κ1) is 18.3. The summed E-state index contributed by atoms with van der Waals surface area (Å²) >= 11 is 5.98. The summed E-state index contributed by atoms with van der Waals surface area (Å²) in [5.41, 5.74) is 9.44. The van der Waals surface area contributed by atoms with Crippen LogP contribution in [0.3, 0.4) is 0 Å². The third-order valence-electron chi connectivity index (χ3n) is 3.08. The predicted octanol–water partition coefficient (Wildman–Crippen LogP) is 2.96. The molecule has 0 atom stereocenters. The van der Waals surface area contributed by atoms with E-state index in [0.29, 0.717) is 21.8 Å². The van der Waals surface area contributed by atoms with Crippen molar-refractivity contribution in [2.24, 2.45) is 10.8 Å². The van der Waals surface area contributed by atoms with Crippen LogP contribution in [0.4, 0.5) is 10.5 Å². The van der Waals surface area contributed by atoms with Gasteiger partial charge in [0.2, 0.25) is 0 Å². The normalized spacial score (nSPS) is 10.9. The molecule has 0 saturated heterocycles. The first-order valence-corrected chi connectivity index (χ1v) is 7.81. The molecular formula is C17H17ClN4O3. The molecule has 0 aromatic heterocycles. The van der Waals surface area contributed by atoms with E-state index in [0.717, 1.165) is 0 Å². The summed E-state index contributed by atoms with van der Waals surface area (Å²) in [5, 5.41) is 6.82. The number of halogens is 1. The van der Waals surface area contributed by atoms with Gasteiger partial charge in [-0.25, -0.2) is 10.2 Å². The Hall–Kier alpha value is -3.06. The second-order valence-corrected chi connectivity index (χ2v) is 5.28. The first-order valence-electron chi connectivity index (χ1n) is 7.43. The molecule has 130 valence electrons. The number of benzene rings is 2. The van der Waals surface area contributed by atoms with Gasteiger partial charge in [0, 0.05) is 16.1 Å². The number of hydrazone groups is 1. The van der Waals surface area contributed by atoms with E-state index in [-0.39, 0.29) is 12.4 Å². The third kappa shape index (κ3) is 5.22. The highest BCUT2D eigenvalue weighted by Gasteiger charge is 2.12. The summed E-state index contributed by atoms with van der Waals surface area (Å²) in [6, 6.07) is 13.2. The van der Waals surface area contributed by atoms with E-state index < -0.39 is 12.0 Å². The number of carbonyl (C=O) groups is 2. The number of nitrogens with one attached hydrogen (secondary N) is 2. The lowest BCUT2D eigenvalue weighted by Crippen LogP contribution is -2.25. The average Bonchev–Trinajstić information content (AvgIpc) is 2.61. The minimum Gasteiger partial charge on any atom is -0.450 e. The van der Waals surface area contributed by atoms with Crippen LogP contribution >= 0.6 is 11.6 Å². The van der Waals surface area contributed by atoms with Crippen LogP contribution in [0.1, 0.15) is 22.8 Å². The van der Waals surface area contributed by atoms with Crippen LogP contribution in [0.25, 0.3) is 0 Å². The largest absolute Gasteiger partial charge is 0.450 e. The quantitative estimate of drug-likeness (QED) is 0.433. The molecule has 2 amide bonds. The van der Waals surface area contributed by atoms with Crippen molar-refractivity contribution < 1.29 is 14.3 Å². The number of amides is 2. The molecule has 0 aliphatic rings. The predicted molar refractivity (Wildman–Crippen MR) is 96.7 cm³/mol. The van der Waals surface area contributed by atoms with Crippen molar-refractivity contribution in [3.05, 3.63) is 64.7 Å². The lowest BCUT2D eigenvalue weighted by Gasteiger charge is -2.11. The zero-order chi connectivity index (χ0) is 18.2. The Morgan fingerprint density at radius 1 is 1.20 bits per heavy atom. The lowest BCUT2D eigenvalue weighted by molar-refractivity contribution is 0.0954. The molecular weight excluding hydrogens is 344 g/mol. The summed E-state index contributed by atoms with van der Waals surface area (Å²) in [4.78, 5) is 23.6. The van der Waals surface area contributed by atoms with E-state index in [1.165, 1.54) is 6.07 Å². The van der Waals surface area contributed by atoms with Gasteiger partial charge in [-0.2, -0.15) is 5.10 Å². The molecule has 0 fully saturated rings. The molecule has 0 unspecified atom stereocenters. The summed E-state index contributed by atoms with van der Waals surface area (Å²) < 4.78 is 4.83.